The number of para-hydroxylation sites is 1. The molecule has 0 aromatic heterocycles. The molecular weight excluding hydrogens is 280 g/mol. The van der Waals surface area contributed by atoms with Crippen molar-refractivity contribution in [3.05, 3.63) is 29.8 Å². The number of hydrogen-bond acceptors (Lipinski definition) is 3. The Hall–Kier alpha value is -1.69. The summed E-state index contributed by atoms with van der Waals surface area (Å²) in [6.07, 6.45) is 1.41. The van der Waals surface area contributed by atoms with Crippen LogP contribution in [0.15, 0.2) is 24.3 Å². The third-order valence-corrected chi connectivity index (χ3v) is 3.87. The summed E-state index contributed by atoms with van der Waals surface area (Å²) in [4.78, 5) is 13.3. The zero-order valence-corrected chi connectivity index (χ0v) is 11.9. The minimum Gasteiger partial charge on any atom is -0.481 e. The van der Waals surface area contributed by atoms with Crippen LogP contribution in [0.4, 0.5) is 8.78 Å². The van der Waals surface area contributed by atoms with Gasteiger partial charge in [-0.3, -0.25) is 9.69 Å². The number of ether oxygens (including phenoxy) is 1. The molecule has 1 N–H and O–H groups in total. The molecule has 1 saturated heterocycles. The molecule has 116 valence electrons. The Morgan fingerprint density at radius 2 is 2.19 bits per heavy atom. The molecule has 1 aromatic carbocycles. The smallest absolute Gasteiger partial charge is 0.387 e. The van der Waals surface area contributed by atoms with E-state index in [1.807, 2.05) is 4.90 Å². The third kappa shape index (κ3) is 3.91. The average Bonchev–Trinajstić information content (AvgIpc) is 2.40. The van der Waals surface area contributed by atoms with Crippen LogP contribution in [0.5, 0.6) is 5.75 Å². The standard InChI is InChI=1S/C15H19F2NO3/c1-15(13(19)20)7-4-8-18(10-15)9-11-5-2-3-6-12(11)21-14(16)17/h2-3,5-6,14H,4,7-10H2,1H3,(H,19,20). The van der Waals surface area contributed by atoms with Gasteiger partial charge in [-0.15, -0.1) is 0 Å². The fourth-order valence-electron chi connectivity index (χ4n) is 2.74. The summed E-state index contributed by atoms with van der Waals surface area (Å²) in [5.41, 5.74) is -0.135. The Kier molecular flexibility index (Phi) is 4.77. The van der Waals surface area contributed by atoms with Crippen LogP contribution in [0.1, 0.15) is 25.3 Å². The Morgan fingerprint density at radius 1 is 1.48 bits per heavy atom. The second-order valence-electron chi connectivity index (χ2n) is 5.67. The third-order valence-electron chi connectivity index (χ3n) is 3.87. The largest absolute Gasteiger partial charge is 0.481 e. The van der Waals surface area contributed by atoms with Crippen molar-refractivity contribution in [2.24, 2.45) is 5.41 Å². The number of hydrogen-bond donors (Lipinski definition) is 1. The highest BCUT2D eigenvalue weighted by Gasteiger charge is 2.37. The summed E-state index contributed by atoms with van der Waals surface area (Å²) in [6.45, 7) is 0.434. The number of carboxylic acids is 1. The molecule has 1 aliphatic rings. The van der Waals surface area contributed by atoms with Gasteiger partial charge >= 0.3 is 12.6 Å². The van der Waals surface area contributed by atoms with Crippen LogP contribution in [0.25, 0.3) is 0 Å². The van der Waals surface area contributed by atoms with Gasteiger partial charge in [-0.05, 0) is 32.4 Å². The maximum Gasteiger partial charge on any atom is 0.387 e. The minimum atomic E-state index is -2.86. The Bertz CT molecular complexity index is 509. The van der Waals surface area contributed by atoms with Crippen molar-refractivity contribution in [2.75, 3.05) is 13.1 Å². The van der Waals surface area contributed by atoms with Crippen LogP contribution < -0.4 is 4.74 Å². The van der Waals surface area contributed by atoms with Crippen molar-refractivity contribution in [1.82, 2.24) is 4.90 Å². The molecular formula is C15H19F2NO3. The van der Waals surface area contributed by atoms with E-state index < -0.39 is 18.0 Å². The zero-order valence-electron chi connectivity index (χ0n) is 11.9. The number of alkyl halides is 2. The highest BCUT2D eigenvalue weighted by Crippen LogP contribution is 2.31. The molecule has 0 aliphatic carbocycles. The van der Waals surface area contributed by atoms with E-state index in [-0.39, 0.29) is 5.75 Å². The number of nitrogens with zero attached hydrogens (tertiary/aromatic N) is 1. The number of halogens is 2. The lowest BCUT2D eigenvalue weighted by Crippen LogP contribution is -2.45. The lowest BCUT2D eigenvalue weighted by Gasteiger charge is -2.37. The van der Waals surface area contributed by atoms with Gasteiger partial charge in [0.2, 0.25) is 0 Å². The first-order valence-corrected chi connectivity index (χ1v) is 6.89. The predicted octanol–water partition coefficient (Wildman–Crippen LogP) is 2.97. The maximum absolute atomic E-state index is 12.4. The second kappa shape index (κ2) is 6.39. The van der Waals surface area contributed by atoms with Crippen LogP contribution in [0.2, 0.25) is 0 Å². The number of likely N-dealkylation sites (tertiary alicyclic amines) is 1. The van der Waals surface area contributed by atoms with E-state index in [0.717, 1.165) is 13.0 Å². The number of carboxylic acid groups (broad SMARTS) is 1. The molecule has 4 nitrogen and oxygen atoms in total. The molecule has 6 heteroatoms. The van der Waals surface area contributed by atoms with E-state index in [9.17, 15) is 18.7 Å². The number of benzene rings is 1. The van der Waals surface area contributed by atoms with Crippen LogP contribution >= 0.6 is 0 Å². The molecule has 0 amide bonds. The van der Waals surface area contributed by atoms with E-state index in [2.05, 4.69) is 4.74 Å². The Labute approximate surface area is 122 Å². The van der Waals surface area contributed by atoms with Crippen molar-refractivity contribution in [3.63, 3.8) is 0 Å². The van der Waals surface area contributed by atoms with E-state index in [4.69, 9.17) is 0 Å². The first-order valence-electron chi connectivity index (χ1n) is 6.89. The summed E-state index contributed by atoms with van der Waals surface area (Å²) in [7, 11) is 0. The first-order chi connectivity index (χ1) is 9.90. The molecule has 1 aromatic rings. The molecule has 21 heavy (non-hydrogen) atoms. The van der Waals surface area contributed by atoms with Crippen molar-refractivity contribution < 1.29 is 23.4 Å². The molecule has 0 radical (unpaired) electrons. The topological polar surface area (TPSA) is 49.8 Å². The van der Waals surface area contributed by atoms with Gasteiger partial charge in [-0.25, -0.2) is 0 Å². The van der Waals surface area contributed by atoms with Crippen molar-refractivity contribution in [2.45, 2.75) is 32.9 Å². The summed E-state index contributed by atoms with van der Waals surface area (Å²) < 4.78 is 29.3. The lowest BCUT2D eigenvalue weighted by molar-refractivity contribution is -0.151. The lowest BCUT2D eigenvalue weighted by atomic mass is 9.82. The monoisotopic (exact) mass is 299 g/mol. The SMILES string of the molecule is CC1(C(=O)O)CCCN(Cc2ccccc2OC(F)F)C1. The Morgan fingerprint density at radius 3 is 2.86 bits per heavy atom. The van der Waals surface area contributed by atoms with E-state index in [1.165, 1.54) is 6.07 Å². The maximum atomic E-state index is 12.4. The molecule has 1 atom stereocenters. The van der Waals surface area contributed by atoms with Crippen LogP contribution in [0, 0.1) is 5.41 Å². The van der Waals surface area contributed by atoms with Crippen LogP contribution in [0.3, 0.4) is 0 Å². The summed E-state index contributed by atoms with van der Waals surface area (Å²) in [5.74, 6) is -0.667. The van der Waals surface area contributed by atoms with Crippen LogP contribution in [-0.2, 0) is 11.3 Å². The number of carbonyl (C=O) groups is 1. The molecule has 0 bridgehead atoms. The van der Waals surface area contributed by atoms with Gasteiger partial charge in [0, 0.05) is 18.7 Å². The summed E-state index contributed by atoms with van der Waals surface area (Å²) in [6, 6.07) is 6.62. The van der Waals surface area contributed by atoms with E-state index in [1.54, 1.807) is 25.1 Å². The van der Waals surface area contributed by atoms with Gasteiger partial charge < -0.3 is 9.84 Å². The number of piperidine rings is 1. The highest BCUT2D eigenvalue weighted by atomic mass is 19.3. The molecule has 1 aliphatic heterocycles. The fourth-order valence-corrected chi connectivity index (χ4v) is 2.74. The Balaban J connectivity index is 2.09. The average molecular weight is 299 g/mol. The molecule has 1 fully saturated rings. The quantitative estimate of drug-likeness (QED) is 0.908. The van der Waals surface area contributed by atoms with E-state index >= 15 is 0 Å². The highest BCUT2D eigenvalue weighted by molar-refractivity contribution is 5.74. The van der Waals surface area contributed by atoms with Gasteiger partial charge in [0.1, 0.15) is 5.75 Å². The van der Waals surface area contributed by atoms with Crippen molar-refractivity contribution in [1.29, 1.82) is 0 Å². The normalized spacial score (nSPS) is 23.2. The molecule has 0 spiro atoms. The van der Waals surface area contributed by atoms with Gasteiger partial charge in [0.05, 0.1) is 5.41 Å². The van der Waals surface area contributed by atoms with Gasteiger partial charge in [0.15, 0.2) is 0 Å². The second-order valence-corrected chi connectivity index (χ2v) is 5.67. The minimum absolute atomic E-state index is 0.148. The van der Waals surface area contributed by atoms with Gasteiger partial charge in [-0.2, -0.15) is 8.78 Å². The molecule has 0 saturated carbocycles. The molecule has 1 heterocycles. The molecule has 2 rings (SSSR count). The van der Waals surface area contributed by atoms with E-state index in [0.29, 0.717) is 25.1 Å². The van der Waals surface area contributed by atoms with Gasteiger partial charge in [-0.1, -0.05) is 18.2 Å². The van der Waals surface area contributed by atoms with Crippen molar-refractivity contribution >= 4 is 5.97 Å². The number of aliphatic carboxylic acids is 1. The first kappa shape index (κ1) is 15.7. The summed E-state index contributed by atoms with van der Waals surface area (Å²) >= 11 is 0. The van der Waals surface area contributed by atoms with Crippen LogP contribution in [-0.4, -0.2) is 35.7 Å². The number of rotatable bonds is 5. The fraction of sp³-hybridized carbons (Fsp3) is 0.533. The van der Waals surface area contributed by atoms with Crippen molar-refractivity contribution in [3.8, 4) is 5.75 Å². The predicted molar refractivity (Wildman–Crippen MR) is 73.3 cm³/mol. The zero-order chi connectivity index (χ0) is 15.5. The summed E-state index contributed by atoms with van der Waals surface area (Å²) in [5, 5.41) is 9.30. The molecule has 1 unspecified atom stereocenters. The van der Waals surface area contributed by atoms with Gasteiger partial charge in [0.25, 0.3) is 0 Å².